The third-order valence-corrected chi connectivity index (χ3v) is 4.99. The second-order valence-corrected chi connectivity index (χ2v) is 7.64. The molecular formula is C24H20ClFN4O. The first-order valence-electron chi connectivity index (χ1n) is 9.76. The van der Waals surface area contributed by atoms with Gasteiger partial charge in [-0.05, 0) is 47.0 Å². The molecule has 0 unspecified atom stereocenters. The molecule has 7 heteroatoms. The van der Waals surface area contributed by atoms with Gasteiger partial charge >= 0.3 is 0 Å². The Morgan fingerprint density at radius 3 is 2.45 bits per heavy atom. The molecule has 0 N–H and O–H groups in total. The van der Waals surface area contributed by atoms with E-state index in [1.54, 1.807) is 52.6 Å². The molecule has 31 heavy (non-hydrogen) atoms. The van der Waals surface area contributed by atoms with E-state index >= 15 is 0 Å². The van der Waals surface area contributed by atoms with Crippen LogP contribution in [0.1, 0.15) is 27.0 Å². The molecule has 5 nitrogen and oxygen atoms in total. The number of nitrogens with zero attached hydrogens (tertiary/aromatic N) is 4. The maximum absolute atomic E-state index is 13.4. The van der Waals surface area contributed by atoms with Gasteiger partial charge in [0.25, 0.3) is 5.91 Å². The van der Waals surface area contributed by atoms with Crippen LogP contribution in [0.25, 0.3) is 0 Å². The lowest BCUT2D eigenvalue weighted by Crippen LogP contribution is -2.30. The number of carbonyl (C=O) groups is 1. The van der Waals surface area contributed by atoms with Crippen molar-refractivity contribution in [2.75, 3.05) is 0 Å². The molecule has 2 aromatic carbocycles. The highest BCUT2D eigenvalue weighted by molar-refractivity contribution is 6.30. The predicted molar refractivity (Wildman–Crippen MR) is 117 cm³/mol. The van der Waals surface area contributed by atoms with Crippen LogP contribution >= 0.6 is 11.6 Å². The monoisotopic (exact) mass is 434 g/mol. The standard InChI is InChI=1S/C24H20ClFN4O/c25-22-13-28-30(17-22)16-19-3-1-5-21(11-19)24(31)29(15-20-4-2-10-27-12-20)14-18-6-8-23(26)9-7-18/h1-13,17H,14-16H2. The molecule has 2 aromatic heterocycles. The van der Waals surface area contributed by atoms with Gasteiger partial charge in [0.1, 0.15) is 5.82 Å². The molecule has 0 saturated carbocycles. The molecule has 2 heterocycles. The van der Waals surface area contributed by atoms with Gasteiger partial charge in [-0.3, -0.25) is 14.5 Å². The van der Waals surface area contributed by atoms with Crippen molar-refractivity contribution in [2.45, 2.75) is 19.6 Å². The van der Waals surface area contributed by atoms with E-state index in [1.165, 1.54) is 12.1 Å². The van der Waals surface area contributed by atoms with Crippen molar-refractivity contribution in [3.8, 4) is 0 Å². The molecule has 156 valence electrons. The molecule has 0 saturated heterocycles. The van der Waals surface area contributed by atoms with Gasteiger partial charge < -0.3 is 4.90 Å². The van der Waals surface area contributed by atoms with E-state index in [2.05, 4.69) is 10.1 Å². The van der Waals surface area contributed by atoms with Crippen LogP contribution in [-0.2, 0) is 19.6 Å². The summed E-state index contributed by atoms with van der Waals surface area (Å²) in [7, 11) is 0. The second kappa shape index (κ2) is 9.53. The summed E-state index contributed by atoms with van der Waals surface area (Å²) in [5, 5.41) is 4.76. The normalized spacial score (nSPS) is 10.8. The summed E-state index contributed by atoms with van der Waals surface area (Å²) in [4.78, 5) is 19.3. The van der Waals surface area contributed by atoms with Gasteiger partial charge in [-0.1, -0.05) is 41.9 Å². The zero-order valence-corrected chi connectivity index (χ0v) is 17.4. The molecule has 0 spiro atoms. The van der Waals surface area contributed by atoms with Gasteiger partial charge in [0, 0.05) is 37.2 Å². The van der Waals surface area contributed by atoms with Crippen LogP contribution in [-0.4, -0.2) is 25.6 Å². The van der Waals surface area contributed by atoms with E-state index in [1.807, 2.05) is 30.3 Å². The van der Waals surface area contributed by atoms with E-state index < -0.39 is 0 Å². The number of carbonyl (C=O) groups excluding carboxylic acids is 1. The number of hydrogen-bond acceptors (Lipinski definition) is 3. The largest absolute Gasteiger partial charge is 0.330 e. The van der Waals surface area contributed by atoms with Gasteiger partial charge in [-0.2, -0.15) is 5.10 Å². The van der Waals surface area contributed by atoms with Gasteiger partial charge in [-0.15, -0.1) is 0 Å². The second-order valence-electron chi connectivity index (χ2n) is 7.21. The van der Waals surface area contributed by atoms with Crippen LogP contribution in [0.5, 0.6) is 0 Å². The molecule has 0 aliphatic carbocycles. The zero-order chi connectivity index (χ0) is 21.6. The molecule has 0 aliphatic rings. The van der Waals surface area contributed by atoms with Crippen LogP contribution in [0, 0.1) is 5.82 Å². The fourth-order valence-corrected chi connectivity index (χ4v) is 3.48. The molecule has 0 aliphatic heterocycles. The number of pyridine rings is 1. The van der Waals surface area contributed by atoms with E-state index in [4.69, 9.17) is 11.6 Å². The number of hydrogen-bond donors (Lipinski definition) is 0. The molecular weight excluding hydrogens is 415 g/mol. The Morgan fingerprint density at radius 2 is 1.74 bits per heavy atom. The van der Waals surface area contributed by atoms with Crippen molar-refractivity contribution in [1.29, 1.82) is 0 Å². The molecule has 0 fully saturated rings. The average molecular weight is 435 g/mol. The van der Waals surface area contributed by atoms with Crippen molar-refractivity contribution in [3.05, 3.63) is 119 Å². The Hall–Kier alpha value is -3.51. The highest BCUT2D eigenvalue weighted by Crippen LogP contribution is 2.16. The summed E-state index contributed by atoms with van der Waals surface area (Å²) in [5.74, 6) is -0.422. The maximum atomic E-state index is 13.4. The van der Waals surface area contributed by atoms with Gasteiger partial charge in [0.05, 0.1) is 17.8 Å². The summed E-state index contributed by atoms with van der Waals surface area (Å²) in [5.41, 5.74) is 3.27. The summed E-state index contributed by atoms with van der Waals surface area (Å²) < 4.78 is 15.0. The van der Waals surface area contributed by atoms with E-state index in [0.29, 0.717) is 30.2 Å². The lowest BCUT2D eigenvalue weighted by Gasteiger charge is -2.23. The molecule has 4 rings (SSSR count). The van der Waals surface area contributed by atoms with Crippen molar-refractivity contribution in [2.24, 2.45) is 0 Å². The Labute approximate surface area is 184 Å². The number of amides is 1. The topological polar surface area (TPSA) is 51.0 Å². The first kappa shape index (κ1) is 20.8. The molecule has 0 radical (unpaired) electrons. The predicted octanol–water partition coefficient (Wildman–Crippen LogP) is 4.96. The van der Waals surface area contributed by atoms with Crippen LogP contribution in [0.4, 0.5) is 4.39 Å². The van der Waals surface area contributed by atoms with Crippen LogP contribution in [0.2, 0.25) is 5.02 Å². The summed E-state index contributed by atoms with van der Waals surface area (Å²) in [6.45, 7) is 1.25. The smallest absolute Gasteiger partial charge is 0.254 e. The van der Waals surface area contributed by atoms with Gasteiger partial charge in [0.2, 0.25) is 0 Å². The maximum Gasteiger partial charge on any atom is 0.254 e. The van der Waals surface area contributed by atoms with Gasteiger partial charge in [-0.25, -0.2) is 4.39 Å². The van der Waals surface area contributed by atoms with E-state index in [0.717, 1.165) is 16.7 Å². The Bertz CT molecular complexity index is 1160. The Morgan fingerprint density at radius 1 is 0.968 bits per heavy atom. The van der Waals surface area contributed by atoms with E-state index in [9.17, 15) is 9.18 Å². The highest BCUT2D eigenvalue weighted by Gasteiger charge is 2.17. The number of aromatic nitrogens is 3. The number of rotatable bonds is 7. The van der Waals surface area contributed by atoms with E-state index in [-0.39, 0.29) is 11.7 Å². The summed E-state index contributed by atoms with van der Waals surface area (Å²) in [6, 6.07) is 17.4. The van der Waals surface area contributed by atoms with Crippen LogP contribution in [0.15, 0.2) is 85.5 Å². The minimum Gasteiger partial charge on any atom is -0.330 e. The third kappa shape index (κ3) is 5.55. The Kier molecular flexibility index (Phi) is 6.38. The third-order valence-electron chi connectivity index (χ3n) is 4.79. The highest BCUT2D eigenvalue weighted by atomic mass is 35.5. The fourth-order valence-electron chi connectivity index (χ4n) is 3.32. The van der Waals surface area contributed by atoms with Crippen molar-refractivity contribution >= 4 is 17.5 Å². The molecule has 4 aromatic rings. The fraction of sp³-hybridized carbons (Fsp3) is 0.125. The summed E-state index contributed by atoms with van der Waals surface area (Å²) >= 11 is 5.94. The first-order chi connectivity index (χ1) is 15.1. The van der Waals surface area contributed by atoms with Crippen LogP contribution < -0.4 is 0 Å². The first-order valence-corrected chi connectivity index (χ1v) is 10.1. The summed E-state index contributed by atoms with van der Waals surface area (Å²) in [6.07, 6.45) is 6.75. The molecule has 0 atom stereocenters. The lowest BCUT2D eigenvalue weighted by molar-refractivity contribution is 0.0729. The molecule has 1 amide bonds. The zero-order valence-electron chi connectivity index (χ0n) is 16.7. The SMILES string of the molecule is O=C(c1cccc(Cn2cc(Cl)cn2)c1)N(Cc1ccc(F)cc1)Cc1cccnc1. The minimum absolute atomic E-state index is 0.117. The average Bonchev–Trinajstić information content (AvgIpc) is 3.19. The van der Waals surface area contributed by atoms with Crippen LogP contribution in [0.3, 0.4) is 0 Å². The molecule has 0 bridgehead atoms. The van der Waals surface area contributed by atoms with Gasteiger partial charge in [0.15, 0.2) is 0 Å². The quantitative estimate of drug-likeness (QED) is 0.413. The minimum atomic E-state index is -0.305. The lowest BCUT2D eigenvalue weighted by atomic mass is 10.1. The number of halogens is 2. The number of benzene rings is 2. The van der Waals surface area contributed by atoms with Crippen molar-refractivity contribution in [1.82, 2.24) is 19.7 Å². The van der Waals surface area contributed by atoms with Crippen molar-refractivity contribution < 1.29 is 9.18 Å². The van der Waals surface area contributed by atoms with Crippen molar-refractivity contribution in [3.63, 3.8) is 0 Å². The Balaban J connectivity index is 1.58.